The van der Waals surface area contributed by atoms with Gasteiger partial charge in [-0.25, -0.2) is 0 Å². The van der Waals surface area contributed by atoms with Crippen LogP contribution in [0.25, 0.3) is 0 Å². The van der Waals surface area contributed by atoms with Gasteiger partial charge in [0.2, 0.25) is 0 Å². The van der Waals surface area contributed by atoms with Crippen molar-refractivity contribution in [3.8, 4) is 0 Å². The van der Waals surface area contributed by atoms with Crippen LogP contribution in [0.15, 0.2) is 18.2 Å². The van der Waals surface area contributed by atoms with Gasteiger partial charge in [0.1, 0.15) is 5.02 Å². The van der Waals surface area contributed by atoms with Crippen molar-refractivity contribution in [2.75, 3.05) is 11.9 Å². The van der Waals surface area contributed by atoms with Gasteiger partial charge in [-0.15, -0.1) is 0 Å². The van der Waals surface area contributed by atoms with E-state index >= 15 is 0 Å². The van der Waals surface area contributed by atoms with Gasteiger partial charge in [0.15, 0.2) is 0 Å². The number of halogens is 1. The zero-order valence-electron chi connectivity index (χ0n) is 10.8. The molecule has 0 aliphatic carbocycles. The molecular formula is C13H17ClN2O3. The molecule has 19 heavy (non-hydrogen) atoms. The number of rotatable bonds is 4. The van der Waals surface area contributed by atoms with Gasteiger partial charge in [-0.3, -0.25) is 10.1 Å². The van der Waals surface area contributed by atoms with Crippen molar-refractivity contribution in [1.29, 1.82) is 0 Å². The molecule has 0 saturated carbocycles. The molecule has 0 amide bonds. The Hall–Kier alpha value is -1.33. The Morgan fingerprint density at radius 2 is 2.37 bits per heavy atom. The van der Waals surface area contributed by atoms with Gasteiger partial charge in [-0.05, 0) is 31.4 Å². The number of benzene rings is 1. The van der Waals surface area contributed by atoms with Crippen LogP contribution in [0, 0.1) is 10.1 Å². The van der Waals surface area contributed by atoms with E-state index in [9.17, 15) is 10.1 Å². The van der Waals surface area contributed by atoms with Gasteiger partial charge >= 0.3 is 0 Å². The molecule has 1 aliphatic rings. The minimum atomic E-state index is -0.466. The number of hydrogen-bond acceptors (Lipinski definition) is 4. The van der Waals surface area contributed by atoms with E-state index in [0.29, 0.717) is 6.04 Å². The molecule has 1 fully saturated rings. The van der Waals surface area contributed by atoms with Crippen molar-refractivity contribution < 1.29 is 9.66 Å². The molecular weight excluding hydrogens is 268 g/mol. The van der Waals surface area contributed by atoms with Crippen LogP contribution in [0.2, 0.25) is 5.02 Å². The lowest BCUT2D eigenvalue weighted by Gasteiger charge is -2.30. The summed E-state index contributed by atoms with van der Waals surface area (Å²) in [7, 11) is 0. The standard InChI is InChI=1S/C13H17ClN2O3/c1-2-11-7-10(5-6-19-11)15-9-3-4-12(14)13(8-9)16(17)18/h3-4,8,10-11,15H,2,5-7H2,1H3. The lowest BCUT2D eigenvalue weighted by atomic mass is 10.0. The van der Waals surface area contributed by atoms with Crippen LogP contribution >= 0.6 is 11.6 Å². The molecule has 2 atom stereocenters. The molecule has 0 spiro atoms. The van der Waals surface area contributed by atoms with Crippen LogP contribution in [-0.4, -0.2) is 23.7 Å². The summed E-state index contributed by atoms with van der Waals surface area (Å²) < 4.78 is 5.61. The van der Waals surface area contributed by atoms with E-state index in [4.69, 9.17) is 16.3 Å². The topological polar surface area (TPSA) is 64.4 Å². The fourth-order valence-corrected chi connectivity index (χ4v) is 2.46. The maximum absolute atomic E-state index is 10.8. The largest absolute Gasteiger partial charge is 0.382 e. The Morgan fingerprint density at radius 1 is 1.58 bits per heavy atom. The minimum absolute atomic E-state index is 0.0641. The van der Waals surface area contributed by atoms with E-state index in [-0.39, 0.29) is 16.8 Å². The minimum Gasteiger partial charge on any atom is -0.382 e. The molecule has 1 N–H and O–H groups in total. The molecule has 0 aromatic heterocycles. The van der Waals surface area contributed by atoms with Gasteiger partial charge in [0.25, 0.3) is 5.69 Å². The van der Waals surface area contributed by atoms with E-state index in [0.717, 1.165) is 31.6 Å². The van der Waals surface area contributed by atoms with Gasteiger partial charge in [-0.2, -0.15) is 0 Å². The zero-order valence-corrected chi connectivity index (χ0v) is 11.5. The molecule has 104 valence electrons. The molecule has 1 heterocycles. The molecule has 1 aliphatic heterocycles. The Bertz CT molecular complexity index is 467. The lowest BCUT2D eigenvalue weighted by molar-refractivity contribution is -0.384. The fourth-order valence-electron chi connectivity index (χ4n) is 2.27. The highest BCUT2D eigenvalue weighted by Gasteiger charge is 2.22. The van der Waals surface area contributed by atoms with Crippen LogP contribution in [0.3, 0.4) is 0 Å². The second kappa shape index (κ2) is 6.21. The SMILES string of the molecule is CCC1CC(Nc2ccc(Cl)c([N+](=O)[O-])c2)CCO1. The summed E-state index contributed by atoms with van der Waals surface area (Å²) in [6.45, 7) is 2.83. The monoisotopic (exact) mass is 284 g/mol. The van der Waals surface area contributed by atoms with Gasteiger partial charge in [-0.1, -0.05) is 18.5 Å². The number of nitrogens with zero attached hydrogens (tertiary/aromatic N) is 1. The van der Waals surface area contributed by atoms with Crippen LogP contribution in [0.5, 0.6) is 0 Å². The molecule has 1 aromatic rings. The van der Waals surface area contributed by atoms with Crippen molar-refractivity contribution in [3.63, 3.8) is 0 Å². The van der Waals surface area contributed by atoms with Crippen molar-refractivity contribution in [1.82, 2.24) is 0 Å². The number of nitro groups is 1. The molecule has 2 rings (SSSR count). The molecule has 2 unspecified atom stereocenters. The lowest BCUT2D eigenvalue weighted by Crippen LogP contribution is -2.33. The molecule has 5 nitrogen and oxygen atoms in total. The molecule has 0 bridgehead atoms. The zero-order chi connectivity index (χ0) is 13.8. The number of ether oxygens (including phenoxy) is 1. The summed E-state index contributed by atoms with van der Waals surface area (Å²) in [5.74, 6) is 0. The van der Waals surface area contributed by atoms with Gasteiger partial charge < -0.3 is 10.1 Å². The summed E-state index contributed by atoms with van der Waals surface area (Å²) >= 11 is 5.79. The Balaban J connectivity index is 2.06. The van der Waals surface area contributed by atoms with Crippen molar-refractivity contribution in [3.05, 3.63) is 33.3 Å². The molecule has 6 heteroatoms. The Labute approximate surface area is 117 Å². The number of anilines is 1. The smallest absolute Gasteiger partial charge is 0.289 e. The first-order valence-corrected chi connectivity index (χ1v) is 6.80. The average Bonchev–Trinajstić information content (AvgIpc) is 2.41. The van der Waals surface area contributed by atoms with Crippen LogP contribution < -0.4 is 5.32 Å². The first kappa shape index (κ1) is 14.1. The summed E-state index contributed by atoms with van der Waals surface area (Å²) in [4.78, 5) is 10.4. The summed E-state index contributed by atoms with van der Waals surface area (Å²) in [6, 6.07) is 5.10. The van der Waals surface area contributed by atoms with E-state index in [1.54, 1.807) is 12.1 Å². The predicted molar refractivity (Wildman–Crippen MR) is 74.8 cm³/mol. The summed E-state index contributed by atoms with van der Waals surface area (Å²) in [5, 5.41) is 14.3. The molecule has 1 saturated heterocycles. The van der Waals surface area contributed by atoms with E-state index < -0.39 is 4.92 Å². The highest BCUT2D eigenvalue weighted by molar-refractivity contribution is 6.32. The predicted octanol–water partition coefficient (Wildman–Crippen LogP) is 3.62. The summed E-state index contributed by atoms with van der Waals surface area (Å²) in [5.41, 5.74) is 0.670. The number of nitro benzene ring substituents is 1. The third-order valence-electron chi connectivity index (χ3n) is 3.34. The second-order valence-electron chi connectivity index (χ2n) is 4.69. The third-order valence-corrected chi connectivity index (χ3v) is 3.66. The van der Waals surface area contributed by atoms with Gasteiger partial charge in [0.05, 0.1) is 11.0 Å². The summed E-state index contributed by atoms with van der Waals surface area (Å²) in [6.07, 6.45) is 3.09. The van der Waals surface area contributed by atoms with E-state index in [1.807, 2.05) is 0 Å². The highest BCUT2D eigenvalue weighted by Crippen LogP contribution is 2.29. The Morgan fingerprint density at radius 3 is 3.05 bits per heavy atom. The second-order valence-corrected chi connectivity index (χ2v) is 5.10. The van der Waals surface area contributed by atoms with Crippen molar-refractivity contribution in [2.24, 2.45) is 0 Å². The number of nitrogens with one attached hydrogen (secondary N) is 1. The number of hydrogen-bond donors (Lipinski definition) is 1. The Kier molecular flexibility index (Phi) is 4.61. The fraction of sp³-hybridized carbons (Fsp3) is 0.538. The van der Waals surface area contributed by atoms with E-state index in [1.165, 1.54) is 6.07 Å². The maximum Gasteiger partial charge on any atom is 0.289 e. The third kappa shape index (κ3) is 3.58. The van der Waals surface area contributed by atoms with Crippen molar-refractivity contribution >= 4 is 23.0 Å². The first-order valence-electron chi connectivity index (χ1n) is 6.42. The van der Waals surface area contributed by atoms with E-state index in [2.05, 4.69) is 12.2 Å². The van der Waals surface area contributed by atoms with Crippen molar-refractivity contribution in [2.45, 2.75) is 38.3 Å². The highest BCUT2D eigenvalue weighted by atomic mass is 35.5. The first-order chi connectivity index (χ1) is 9.10. The van der Waals surface area contributed by atoms with Gasteiger partial charge in [0, 0.05) is 24.4 Å². The van der Waals surface area contributed by atoms with Crippen LogP contribution in [-0.2, 0) is 4.74 Å². The van der Waals surface area contributed by atoms with Crippen LogP contribution in [0.4, 0.5) is 11.4 Å². The maximum atomic E-state index is 10.8. The average molecular weight is 285 g/mol. The normalized spacial score (nSPS) is 23.1. The molecule has 0 radical (unpaired) electrons. The quantitative estimate of drug-likeness (QED) is 0.677. The molecule has 1 aromatic carbocycles. The van der Waals surface area contributed by atoms with Crippen LogP contribution in [0.1, 0.15) is 26.2 Å².